The second-order valence-electron chi connectivity index (χ2n) is 11.5. The molecular weight excluding hydrogens is 583 g/mol. The Bertz CT molecular complexity index is 1600. The molecule has 11 heteroatoms. The van der Waals surface area contributed by atoms with Gasteiger partial charge in [-0.3, -0.25) is 9.78 Å². The first-order chi connectivity index (χ1) is 19.7. The van der Waals surface area contributed by atoms with Crippen LogP contribution in [-0.4, -0.2) is 54.9 Å². The lowest BCUT2D eigenvalue weighted by Gasteiger charge is -2.32. The van der Waals surface area contributed by atoms with Crippen LogP contribution in [0.25, 0.3) is 21.0 Å². The normalized spacial score (nSPS) is 24.9. The van der Waals surface area contributed by atoms with Crippen LogP contribution >= 0.6 is 22.9 Å². The number of pyridine rings is 1. The maximum Gasteiger partial charge on any atom is 0.153 e. The van der Waals surface area contributed by atoms with Gasteiger partial charge in [0.1, 0.15) is 17.0 Å². The number of rotatable bonds is 7. The third-order valence-electron chi connectivity index (χ3n) is 8.60. The van der Waals surface area contributed by atoms with Crippen LogP contribution in [0.5, 0.6) is 0 Å². The summed E-state index contributed by atoms with van der Waals surface area (Å²) in [4.78, 5) is 25.8. The molecule has 0 spiro atoms. The molecule has 3 atom stereocenters. The smallest absolute Gasteiger partial charge is 0.153 e. The number of alkyl halides is 1. The van der Waals surface area contributed by atoms with Gasteiger partial charge in [0, 0.05) is 55.0 Å². The summed E-state index contributed by atoms with van der Waals surface area (Å²) in [6.45, 7) is 0.916. The molecule has 3 fully saturated rings. The van der Waals surface area contributed by atoms with Crippen molar-refractivity contribution in [3.05, 3.63) is 53.4 Å². The number of anilines is 1. The zero-order chi connectivity index (χ0) is 28.8. The van der Waals surface area contributed by atoms with Gasteiger partial charge in [-0.2, -0.15) is 5.26 Å². The number of nitriles is 1. The Morgan fingerprint density at radius 1 is 1.15 bits per heavy atom. The van der Waals surface area contributed by atoms with Crippen molar-refractivity contribution in [2.45, 2.75) is 50.6 Å². The Kier molecular flexibility index (Phi) is 7.64. The third kappa shape index (κ3) is 6.04. The molecule has 6 rings (SSSR count). The summed E-state index contributed by atoms with van der Waals surface area (Å²) in [5.74, 6) is -0.556. The van der Waals surface area contributed by atoms with Crippen molar-refractivity contribution >= 4 is 44.2 Å². The van der Waals surface area contributed by atoms with Gasteiger partial charge in [-0.1, -0.05) is 23.7 Å². The minimum absolute atomic E-state index is 0.0447. The lowest BCUT2D eigenvalue weighted by molar-refractivity contribution is -0.126. The Labute approximate surface area is 248 Å². The van der Waals surface area contributed by atoms with Crippen molar-refractivity contribution < 1.29 is 17.6 Å². The number of hydrogen-bond donors (Lipinski definition) is 0. The standard InChI is InChI=1S/C30H30ClFN4O3S2/c31-21-13-20(16-34-17-21)29-35-27(24-6-3-22(32)14-25(24)26(37)15-30(18-33)7-8-30)28(40-29)19-1-4-23(5-2-19)36-9-11-41(38,39)12-10-36/h1-2,4-5,13,16-17,22,24-25H,3,6-12,14-15H2/t22-,24+,25+/m0/s1. The molecule has 2 saturated carbocycles. The summed E-state index contributed by atoms with van der Waals surface area (Å²) in [5.41, 5.74) is 2.83. The highest BCUT2D eigenvalue weighted by Gasteiger charge is 2.48. The van der Waals surface area contributed by atoms with E-state index in [0.717, 1.165) is 45.2 Å². The van der Waals surface area contributed by atoms with Crippen LogP contribution in [-0.2, 0) is 14.6 Å². The molecule has 0 radical (unpaired) electrons. The van der Waals surface area contributed by atoms with E-state index in [-0.39, 0.29) is 36.0 Å². The molecule has 3 heterocycles. The first-order valence-electron chi connectivity index (χ1n) is 13.9. The molecule has 3 aromatic rings. The molecule has 3 aliphatic rings. The average molecular weight is 613 g/mol. The number of benzene rings is 1. The summed E-state index contributed by atoms with van der Waals surface area (Å²) < 4.78 is 38.5. The van der Waals surface area contributed by atoms with Gasteiger partial charge in [-0.15, -0.1) is 11.3 Å². The van der Waals surface area contributed by atoms with E-state index in [1.165, 1.54) is 11.3 Å². The van der Waals surface area contributed by atoms with Crippen LogP contribution in [0.4, 0.5) is 10.1 Å². The van der Waals surface area contributed by atoms with Gasteiger partial charge in [0.15, 0.2) is 9.84 Å². The second kappa shape index (κ2) is 11.1. The van der Waals surface area contributed by atoms with Gasteiger partial charge in [-0.25, -0.2) is 17.8 Å². The van der Waals surface area contributed by atoms with Gasteiger partial charge in [0.2, 0.25) is 0 Å². The predicted octanol–water partition coefficient (Wildman–Crippen LogP) is 6.25. The van der Waals surface area contributed by atoms with E-state index in [9.17, 15) is 22.9 Å². The molecule has 1 aromatic carbocycles. The Morgan fingerprint density at radius 3 is 2.54 bits per heavy atom. The highest BCUT2D eigenvalue weighted by atomic mass is 35.5. The van der Waals surface area contributed by atoms with Crippen molar-refractivity contribution in [1.82, 2.24) is 9.97 Å². The van der Waals surface area contributed by atoms with E-state index in [2.05, 4.69) is 16.0 Å². The summed E-state index contributed by atoms with van der Waals surface area (Å²) in [7, 11) is -2.98. The fourth-order valence-corrected chi connectivity index (χ4v) is 8.48. The van der Waals surface area contributed by atoms with Gasteiger partial charge < -0.3 is 4.90 Å². The quantitative estimate of drug-likeness (QED) is 0.311. The molecule has 2 aromatic heterocycles. The van der Waals surface area contributed by atoms with Gasteiger partial charge in [-0.05, 0) is 55.9 Å². The SMILES string of the molecule is N#CC1(CC(=O)[C@@H]2C[C@@H](F)CC[C@H]2c2nc(-c3cncc(Cl)c3)sc2-c2ccc(N3CCS(=O)(=O)CC3)cc2)CC1. The highest BCUT2D eigenvalue weighted by molar-refractivity contribution is 7.91. The molecular formula is C30H30ClFN4O3S2. The van der Waals surface area contributed by atoms with Crippen molar-refractivity contribution in [3.63, 3.8) is 0 Å². The fourth-order valence-electron chi connectivity index (χ4n) is 5.98. The highest BCUT2D eigenvalue weighted by Crippen LogP contribution is 2.52. The van der Waals surface area contributed by atoms with Crippen LogP contribution in [0, 0.1) is 22.7 Å². The van der Waals surface area contributed by atoms with Crippen LogP contribution in [0.3, 0.4) is 0 Å². The number of carbonyl (C=O) groups excluding carboxylic acids is 1. The van der Waals surface area contributed by atoms with Crippen LogP contribution < -0.4 is 4.90 Å². The molecule has 7 nitrogen and oxygen atoms in total. The van der Waals surface area contributed by atoms with Gasteiger partial charge >= 0.3 is 0 Å². The van der Waals surface area contributed by atoms with Crippen molar-refractivity contribution in [3.8, 4) is 27.1 Å². The number of thiazole rings is 1. The summed E-state index contributed by atoms with van der Waals surface area (Å²) in [6.07, 6.45) is 4.82. The molecule has 0 bridgehead atoms. The van der Waals surface area contributed by atoms with Gasteiger partial charge in [0.05, 0.1) is 38.6 Å². The lowest BCUT2D eigenvalue weighted by atomic mass is 9.72. The molecule has 2 aliphatic carbocycles. The molecule has 1 aliphatic heterocycles. The fraction of sp³-hybridized carbons (Fsp3) is 0.467. The number of halogens is 2. The van der Waals surface area contributed by atoms with E-state index < -0.39 is 27.3 Å². The Morgan fingerprint density at radius 2 is 1.88 bits per heavy atom. The number of hydrogen-bond acceptors (Lipinski definition) is 8. The topological polar surface area (TPSA) is 104 Å². The molecule has 41 heavy (non-hydrogen) atoms. The Balaban J connectivity index is 1.36. The van der Waals surface area contributed by atoms with Gasteiger partial charge in [0.25, 0.3) is 0 Å². The van der Waals surface area contributed by atoms with Crippen LogP contribution in [0.2, 0.25) is 5.02 Å². The number of sulfone groups is 1. The largest absolute Gasteiger partial charge is 0.369 e. The maximum atomic E-state index is 14.7. The lowest BCUT2D eigenvalue weighted by Crippen LogP contribution is -2.40. The number of Topliss-reactive ketones (excluding diaryl/α,β-unsaturated/α-hetero) is 1. The third-order valence-corrected chi connectivity index (χ3v) is 11.6. The number of aromatic nitrogens is 2. The number of ketones is 1. The molecule has 0 N–H and O–H groups in total. The number of carbonyl (C=O) groups is 1. The monoisotopic (exact) mass is 612 g/mol. The second-order valence-corrected chi connectivity index (χ2v) is 15.2. The zero-order valence-corrected chi connectivity index (χ0v) is 24.8. The van der Waals surface area contributed by atoms with Crippen molar-refractivity contribution in [2.75, 3.05) is 29.5 Å². The Hall–Kier alpha value is -2.87. The molecule has 1 saturated heterocycles. The minimum atomic E-state index is -2.98. The van der Waals surface area contributed by atoms with Crippen molar-refractivity contribution in [2.24, 2.45) is 11.3 Å². The van der Waals surface area contributed by atoms with E-state index in [0.29, 0.717) is 31.0 Å². The minimum Gasteiger partial charge on any atom is -0.369 e. The van der Waals surface area contributed by atoms with E-state index in [4.69, 9.17) is 16.6 Å². The van der Waals surface area contributed by atoms with E-state index in [1.807, 2.05) is 24.3 Å². The molecule has 0 amide bonds. The maximum absolute atomic E-state index is 14.7. The molecule has 0 unspecified atom stereocenters. The number of nitrogens with zero attached hydrogens (tertiary/aromatic N) is 4. The first kappa shape index (κ1) is 28.3. The van der Waals surface area contributed by atoms with E-state index >= 15 is 0 Å². The van der Waals surface area contributed by atoms with Crippen molar-refractivity contribution in [1.29, 1.82) is 5.26 Å². The van der Waals surface area contributed by atoms with Crippen LogP contribution in [0.15, 0.2) is 42.7 Å². The predicted molar refractivity (Wildman–Crippen MR) is 159 cm³/mol. The molecule has 214 valence electrons. The zero-order valence-electron chi connectivity index (χ0n) is 22.4. The summed E-state index contributed by atoms with van der Waals surface area (Å²) >= 11 is 7.73. The van der Waals surface area contributed by atoms with Crippen LogP contribution in [0.1, 0.15) is 50.1 Å². The average Bonchev–Trinajstić information content (AvgIpc) is 3.59. The first-order valence-corrected chi connectivity index (χ1v) is 16.9. The summed E-state index contributed by atoms with van der Waals surface area (Å²) in [6, 6.07) is 12.1. The summed E-state index contributed by atoms with van der Waals surface area (Å²) in [5, 5.41) is 10.8. The van der Waals surface area contributed by atoms with E-state index in [1.54, 1.807) is 18.5 Å².